The van der Waals surface area contributed by atoms with Gasteiger partial charge >= 0.3 is 0 Å². The molecule has 0 radical (unpaired) electrons. The van der Waals surface area contributed by atoms with Crippen molar-refractivity contribution in [3.05, 3.63) is 57.3 Å². The lowest BCUT2D eigenvalue weighted by molar-refractivity contribution is 0.0560. The van der Waals surface area contributed by atoms with E-state index in [4.69, 9.17) is 10.00 Å². The van der Waals surface area contributed by atoms with Crippen LogP contribution >= 0.6 is 15.9 Å². The molecule has 0 atom stereocenters. The van der Waals surface area contributed by atoms with E-state index < -0.39 is 0 Å². The molecule has 1 aliphatic carbocycles. The van der Waals surface area contributed by atoms with Gasteiger partial charge in [0, 0.05) is 23.1 Å². The van der Waals surface area contributed by atoms with E-state index in [0.717, 1.165) is 52.7 Å². The van der Waals surface area contributed by atoms with Crippen LogP contribution in [0.15, 0.2) is 34.9 Å². The first-order valence-electron chi connectivity index (χ1n) is 10.1. The van der Waals surface area contributed by atoms with Crippen LogP contribution in [-0.4, -0.2) is 27.9 Å². The number of nitrogens with zero attached hydrogens (tertiary/aromatic N) is 3. The number of pyridine rings is 1. The Balaban J connectivity index is 1.36. The van der Waals surface area contributed by atoms with Gasteiger partial charge in [-0.25, -0.2) is 0 Å². The number of rotatable bonds is 4. The number of carbonyl (C=O) groups is 1. The summed E-state index contributed by atoms with van der Waals surface area (Å²) in [4.78, 5) is 19.5. The number of nitriles is 1. The van der Waals surface area contributed by atoms with E-state index in [9.17, 15) is 4.79 Å². The highest BCUT2D eigenvalue weighted by Crippen LogP contribution is 2.33. The van der Waals surface area contributed by atoms with Gasteiger partial charge < -0.3 is 9.64 Å². The van der Waals surface area contributed by atoms with E-state index in [1.165, 1.54) is 0 Å². The highest BCUT2D eigenvalue weighted by Gasteiger charge is 2.36. The van der Waals surface area contributed by atoms with Crippen LogP contribution < -0.4 is 4.74 Å². The summed E-state index contributed by atoms with van der Waals surface area (Å²) < 4.78 is 6.86. The Labute approximate surface area is 185 Å². The summed E-state index contributed by atoms with van der Waals surface area (Å²) in [5, 5.41) is 9.04. The summed E-state index contributed by atoms with van der Waals surface area (Å²) in [6.07, 6.45) is 6.20. The van der Waals surface area contributed by atoms with E-state index in [-0.39, 0.29) is 18.1 Å². The van der Waals surface area contributed by atoms with Crippen LogP contribution in [0.5, 0.6) is 5.75 Å². The second-order valence-electron chi connectivity index (χ2n) is 7.68. The lowest BCUT2D eigenvalue weighted by Gasteiger charge is -2.34. The smallest absolute Gasteiger partial charge is 0.256 e. The van der Waals surface area contributed by atoms with Gasteiger partial charge in [-0.2, -0.15) is 5.26 Å². The van der Waals surface area contributed by atoms with Gasteiger partial charge in [-0.1, -0.05) is 5.92 Å². The first-order valence-corrected chi connectivity index (χ1v) is 10.9. The van der Waals surface area contributed by atoms with Crippen LogP contribution in [-0.2, 0) is 13.0 Å². The molecule has 0 spiro atoms. The van der Waals surface area contributed by atoms with Crippen molar-refractivity contribution in [3.63, 3.8) is 0 Å². The zero-order valence-electron chi connectivity index (χ0n) is 16.8. The normalized spacial score (nSPS) is 20.2. The van der Waals surface area contributed by atoms with Crippen LogP contribution in [0.25, 0.3) is 0 Å². The number of fused-ring (bicyclic) bond motifs is 1. The molecule has 2 aromatic rings. The first-order chi connectivity index (χ1) is 14.6. The van der Waals surface area contributed by atoms with E-state index in [0.29, 0.717) is 18.5 Å². The number of benzene rings is 1. The quantitative estimate of drug-likeness (QED) is 0.619. The minimum absolute atomic E-state index is 0.0872. The molecule has 1 fully saturated rings. The Bertz CT molecular complexity index is 1070. The van der Waals surface area contributed by atoms with Crippen LogP contribution in [0, 0.1) is 23.2 Å². The standard InChI is InChI=1S/C24H22BrN3O2/c1-2-3-4-16-11-21-23(27-14-16)15-28(24(21)29)18-6-9-19(10-7-18)30-20-8-5-17(13-26)22(25)12-20/h5,8,11-12,14,18-19H,4,6-7,9-10,15H2,1H3. The molecule has 6 heteroatoms. The Hall–Kier alpha value is -2.83. The Morgan fingerprint density at radius 3 is 2.77 bits per heavy atom. The summed E-state index contributed by atoms with van der Waals surface area (Å²) in [5.41, 5.74) is 3.18. The van der Waals surface area contributed by atoms with Gasteiger partial charge in [0.05, 0.1) is 29.5 Å². The third kappa shape index (κ3) is 4.20. The Morgan fingerprint density at radius 1 is 1.27 bits per heavy atom. The van der Waals surface area contributed by atoms with Crippen molar-refractivity contribution >= 4 is 21.8 Å². The maximum Gasteiger partial charge on any atom is 0.256 e. The van der Waals surface area contributed by atoms with E-state index >= 15 is 0 Å². The van der Waals surface area contributed by atoms with Crippen molar-refractivity contribution in [2.24, 2.45) is 0 Å². The molecule has 2 heterocycles. The molecular formula is C24H22BrN3O2. The second-order valence-corrected chi connectivity index (χ2v) is 8.53. The minimum Gasteiger partial charge on any atom is -0.490 e. The molecule has 0 bridgehead atoms. The largest absolute Gasteiger partial charge is 0.490 e. The molecule has 0 N–H and O–H groups in total. The molecule has 0 unspecified atom stereocenters. The summed E-state index contributed by atoms with van der Waals surface area (Å²) in [6, 6.07) is 9.75. The molecule has 30 heavy (non-hydrogen) atoms. The van der Waals surface area contributed by atoms with Crippen LogP contribution in [0.4, 0.5) is 0 Å². The van der Waals surface area contributed by atoms with Crippen LogP contribution in [0.2, 0.25) is 0 Å². The molecule has 2 aliphatic rings. The molecule has 152 valence electrons. The SMILES string of the molecule is CC#CCc1cnc2c(c1)C(=O)N(C1CCC(Oc3ccc(C#N)c(Br)c3)CC1)C2. The monoisotopic (exact) mass is 463 g/mol. The summed E-state index contributed by atoms with van der Waals surface area (Å²) >= 11 is 3.41. The van der Waals surface area contributed by atoms with E-state index in [1.807, 2.05) is 36.2 Å². The van der Waals surface area contributed by atoms with Gasteiger partial charge in [-0.3, -0.25) is 9.78 Å². The predicted molar refractivity (Wildman–Crippen MR) is 117 cm³/mol. The Morgan fingerprint density at radius 2 is 2.07 bits per heavy atom. The van der Waals surface area contributed by atoms with Crippen molar-refractivity contribution in [3.8, 4) is 23.7 Å². The molecule has 4 rings (SSSR count). The summed E-state index contributed by atoms with van der Waals surface area (Å²) in [5.74, 6) is 6.77. The third-order valence-electron chi connectivity index (χ3n) is 5.76. The zero-order valence-corrected chi connectivity index (χ0v) is 18.4. The van der Waals surface area contributed by atoms with Gasteiger partial charge in [0.15, 0.2) is 0 Å². The number of halogens is 1. The number of hydrogen-bond acceptors (Lipinski definition) is 4. The van der Waals surface area contributed by atoms with E-state index in [1.54, 1.807) is 6.07 Å². The minimum atomic E-state index is 0.0872. The maximum absolute atomic E-state index is 13.0. The molecule has 5 nitrogen and oxygen atoms in total. The van der Waals surface area contributed by atoms with Crippen molar-refractivity contribution in [2.75, 3.05) is 0 Å². The fraction of sp³-hybridized carbons (Fsp3) is 0.375. The van der Waals surface area contributed by atoms with Crippen LogP contribution in [0.1, 0.15) is 59.8 Å². The number of hydrogen-bond donors (Lipinski definition) is 0. The second kappa shape index (κ2) is 8.90. The molecule has 1 saturated carbocycles. The number of aromatic nitrogens is 1. The lowest BCUT2D eigenvalue weighted by Crippen LogP contribution is -2.40. The van der Waals surface area contributed by atoms with Crippen molar-refractivity contribution < 1.29 is 9.53 Å². The molecule has 1 aromatic heterocycles. The Kier molecular flexibility index (Phi) is 6.06. The van der Waals surface area contributed by atoms with Gasteiger partial charge in [-0.15, -0.1) is 5.92 Å². The first kappa shape index (κ1) is 20.4. The molecule has 1 aromatic carbocycles. The molecular weight excluding hydrogens is 442 g/mol. The number of carbonyl (C=O) groups excluding carboxylic acids is 1. The summed E-state index contributed by atoms with van der Waals surface area (Å²) in [7, 11) is 0. The molecule has 1 amide bonds. The molecule has 0 saturated heterocycles. The highest BCUT2D eigenvalue weighted by atomic mass is 79.9. The van der Waals surface area contributed by atoms with Gasteiger partial charge in [-0.05, 0) is 78.4 Å². The molecule has 1 aliphatic heterocycles. The van der Waals surface area contributed by atoms with Crippen LogP contribution in [0.3, 0.4) is 0 Å². The topological polar surface area (TPSA) is 66.2 Å². The maximum atomic E-state index is 13.0. The predicted octanol–water partition coefficient (Wildman–Crippen LogP) is 4.63. The number of ether oxygens (including phenoxy) is 1. The highest BCUT2D eigenvalue weighted by molar-refractivity contribution is 9.10. The average Bonchev–Trinajstić information content (AvgIpc) is 3.09. The summed E-state index contributed by atoms with van der Waals surface area (Å²) in [6.45, 7) is 2.40. The lowest BCUT2D eigenvalue weighted by atomic mass is 9.92. The van der Waals surface area contributed by atoms with Gasteiger partial charge in [0.2, 0.25) is 0 Å². The van der Waals surface area contributed by atoms with Gasteiger partial charge in [0.1, 0.15) is 11.8 Å². The zero-order chi connectivity index (χ0) is 21.1. The average molecular weight is 464 g/mol. The fourth-order valence-electron chi connectivity index (χ4n) is 4.14. The third-order valence-corrected chi connectivity index (χ3v) is 6.41. The fourth-order valence-corrected chi connectivity index (χ4v) is 4.59. The van der Waals surface area contributed by atoms with Crippen molar-refractivity contribution in [1.29, 1.82) is 5.26 Å². The van der Waals surface area contributed by atoms with Crippen molar-refractivity contribution in [1.82, 2.24) is 9.88 Å². The van der Waals surface area contributed by atoms with Crippen molar-refractivity contribution in [2.45, 2.75) is 57.7 Å². The number of amides is 1. The van der Waals surface area contributed by atoms with Gasteiger partial charge in [0.25, 0.3) is 5.91 Å². The van der Waals surface area contributed by atoms with E-state index in [2.05, 4.69) is 38.8 Å².